The molecule has 0 saturated heterocycles. The average Bonchev–Trinajstić information content (AvgIpc) is 2.49. The van der Waals surface area contributed by atoms with E-state index in [1.165, 1.54) is 43.2 Å². The summed E-state index contributed by atoms with van der Waals surface area (Å²) in [4.78, 5) is 0. The summed E-state index contributed by atoms with van der Waals surface area (Å²) in [5, 5.41) is 3.37. The van der Waals surface area contributed by atoms with Crippen LogP contribution >= 0.6 is 0 Å². The Hall–Kier alpha value is -0.860. The predicted octanol–water partition coefficient (Wildman–Crippen LogP) is 3.86. The Balaban J connectivity index is 1.87. The summed E-state index contributed by atoms with van der Waals surface area (Å²) in [7, 11) is 2.02. The van der Waals surface area contributed by atoms with E-state index in [-0.39, 0.29) is 0 Å². The normalized spacial score (nSPS) is 18.4. The number of hydrogen-bond donors (Lipinski definition) is 1. The Bertz CT molecular complexity index is 354. The molecule has 2 nitrogen and oxygen atoms in total. The van der Waals surface area contributed by atoms with Gasteiger partial charge in [0, 0.05) is 0 Å². The lowest BCUT2D eigenvalue weighted by molar-refractivity contribution is 0.0166. The van der Waals surface area contributed by atoms with Crippen molar-refractivity contribution in [2.75, 3.05) is 13.7 Å². The van der Waals surface area contributed by atoms with Gasteiger partial charge in [-0.2, -0.15) is 0 Å². The first-order chi connectivity index (χ1) is 9.33. The van der Waals surface area contributed by atoms with E-state index in [2.05, 4.69) is 36.5 Å². The third kappa shape index (κ3) is 4.32. The van der Waals surface area contributed by atoms with E-state index in [0.717, 1.165) is 13.0 Å². The summed E-state index contributed by atoms with van der Waals surface area (Å²) >= 11 is 0. The van der Waals surface area contributed by atoms with Crippen LogP contribution in [0.25, 0.3) is 0 Å². The van der Waals surface area contributed by atoms with Crippen molar-refractivity contribution in [3.8, 4) is 0 Å². The summed E-state index contributed by atoms with van der Waals surface area (Å²) < 4.78 is 6.08. The standard InChI is InChI=1S/C17H27NO/c1-3-14-9-11-15(12-10-14)17(18-2)13-19-16-7-5-4-6-8-16/h9-12,16-18H,3-8,13H2,1-2H3. The van der Waals surface area contributed by atoms with Crippen LogP contribution in [-0.4, -0.2) is 19.8 Å². The number of ether oxygens (including phenoxy) is 1. The largest absolute Gasteiger partial charge is 0.376 e. The van der Waals surface area contributed by atoms with Crippen molar-refractivity contribution in [3.05, 3.63) is 35.4 Å². The van der Waals surface area contributed by atoms with E-state index in [1.54, 1.807) is 0 Å². The molecule has 2 heteroatoms. The first-order valence-electron chi connectivity index (χ1n) is 7.71. The van der Waals surface area contributed by atoms with Gasteiger partial charge in [-0.1, -0.05) is 50.5 Å². The Morgan fingerprint density at radius 3 is 2.42 bits per heavy atom. The molecule has 1 N–H and O–H groups in total. The molecule has 106 valence electrons. The Labute approximate surface area is 117 Å². The lowest BCUT2D eigenvalue weighted by atomic mass is 9.97. The molecule has 1 aromatic rings. The van der Waals surface area contributed by atoms with Crippen molar-refractivity contribution >= 4 is 0 Å². The molecule has 1 aromatic carbocycles. The molecular formula is C17H27NO. The van der Waals surface area contributed by atoms with Gasteiger partial charge in [-0.05, 0) is 37.4 Å². The fourth-order valence-corrected chi connectivity index (χ4v) is 2.80. The fourth-order valence-electron chi connectivity index (χ4n) is 2.80. The quantitative estimate of drug-likeness (QED) is 0.839. The van der Waals surface area contributed by atoms with Gasteiger partial charge in [0.25, 0.3) is 0 Å². The molecule has 0 heterocycles. The number of likely N-dealkylation sites (N-methyl/N-ethyl adjacent to an activating group) is 1. The highest BCUT2D eigenvalue weighted by Crippen LogP contribution is 2.22. The zero-order valence-electron chi connectivity index (χ0n) is 12.3. The summed E-state index contributed by atoms with van der Waals surface area (Å²) in [5.41, 5.74) is 2.72. The molecule has 2 rings (SSSR count). The van der Waals surface area contributed by atoms with E-state index in [4.69, 9.17) is 4.74 Å². The molecule has 0 radical (unpaired) electrons. The first kappa shape index (κ1) is 14.5. The monoisotopic (exact) mass is 261 g/mol. The van der Waals surface area contributed by atoms with Crippen LogP contribution in [0.5, 0.6) is 0 Å². The summed E-state index contributed by atoms with van der Waals surface area (Å²) in [6, 6.07) is 9.21. The van der Waals surface area contributed by atoms with Gasteiger partial charge in [0.2, 0.25) is 0 Å². The van der Waals surface area contributed by atoms with Gasteiger partial charge in [0.15, 0.2) is 0 Å². The summed E-state index contributed by atoms with van der Waals surface area (Å²) in [6.45, 7) is 2.98. The van der Waals surface area contributed by atoms with Gasteiger partial charge < -0.3 is 10.1 Å². The van der Waals surface area contributed by atoms with Crippen molar-refractivity contribution in [2.45, 2.75) is 57.6 Å². The van der Waals surface area contributed by atoms with Crippen LogP contribution < -0.4 is 5.32 Å². The second-order valence-corrected chi connectivity index (χ2v) is 5.53. The average molecular weight is 261 g/mol. The van der Waals surface area contributed by atoms with Gasteiger partial charge in [-0.25, -0.2) is 0 Å². The molecule has 1 atom stereocenters. The minimum absolute atomic E-state index is 0.313. The number of nitrogens with one attached hydrogen (secondary N) is 1. The maximum atomic E-state index is 6.08. The summed E-state index contributed by atoms with van der Waals surface area (Å²) in [5.74, 6) is 0. The van der Waals surface area contributed by atoms with Crippen molar-refractivity contribution in [2.24, 2.45) is 0 Å². The Morgan fingerprint density at radius 2 is 1.84 bits per heavy atom. The molecular weight excluding hydrogens is 234 g/mol. The van der Waals surface area contributed by atoms with Crippen LogP contribution in [-0.2, 0) is 11.2 Å². The molecule has 0 spiro atoms. The topological polar surface area (TPSA) is 21.3 Å². The molecule has 1 fully saturated rings. The van der Waals surface area contributed by atoms with Gasteiger partial charge in [-0.15, -0.1) is 0 Å². The molecule has 19 heavy (non-hydrogen) atoms. The molecule has 1 unspecified atom stereocenters. The van der Waals surface area contributed by atoms with E-state index in [1.807, 2.05) is 7.05 Å². The van der Waals surface area contributed by atoms with Crippen molar-refractivity contribution in [3.63, 3.8) is 0 Å². The van der Waals surface area contributed by atoms with Crippen LogP contribution in [0.4, 0.5) is 0 Å². The Morgan fingerprint density at radius 1 is 1.16 bits per heavy atom. The van der Waals surface area contributed by atoms with Crippen LogP contribution in [0.3, 0.4) is 0 Å². The van der Waals surface area contributed by atoms with Crippen LogP contribution in [0.15, 0.2) is 24.3 Å². The van der Waals surface area contributed by atoms with Crippen molar-refractivity contribution in [1.29, 1.82) is 0 Å². The molecule has 1 saturated carbocycles. The third-order valence-corrected chi connectivity index (χ3v) is 4.19. The predicted molar refractivity (Wildman–Crippen MR) is 80.4 cm³/mol. The lowest BCUT2D eigenvalue weighted by Crippen LogP contribution is -2.26. The zero-order chi connectivity index (χ0) is 13.5. The van der Waals surface area contributed by atoms with Crippen LogP contribution in [0, 0.1) is 0 Å². The van der Waals surface area contributed by atoms with E-state index >= 15 is 0 Å². The minimum atomic E-state index is 0.313. The highest BCUT2D eigenvalue weighted by molar-refractivity contribution is 5.25. The number of rotatable bonds is 6. The lowest BCUT2D eigenvalue weighted by Gasteiger charge is -2.25. The van der Waals surface area contributed by atoms with E-state index < -0.39 is 0 Å². The van der Waals surface area contributed by atoms with E-state index in [0.29, 0.717) is 12.1 Å². The highest BCUT2D eigenvalue weighted by atomic mass is 16.5. The SMILES string of the molecule is CCc1ccc(C(COC2CCCCC2)NC)cc1. The maximum absolute atomic E-state index is 6.08. The molecule has 0 bridgehead atoms. The third-order valence-electron chi connectivity index (χ3n) is 4.19. The minimum Gasteiger partial charge on any atom is -0.376 e. The van der Waals surface area contributed by atoms with Gasteiger partial charge in [0.05, 0.1) is 18.8 Å². The van der Waals surface area contributed by atoms with Crippen molar-refractivity contribution < 1.29 is 4.74 Å². The van der Waals surface area contributed by atoms with Crippen LogP contribution in [0.1, 0.15) is 56.2 Å². The second kappa shape index (κ2) is 7.66. The Kier molecular flexibility index (Phi) is 5.87. The van der Waals surface area contributed by atoms with Crippen LogP contribution in [0.2, 0.25) is 0 Å². The molecule has 1 aliphatic rings. The maximum Gasteiger partial charge on any atom is 0.0665 e. The summed E-state index contributed by atoms with van der Waals surface area (Å²) in [6.07, 6.45) is 8.12. The number of aryl methyl sites for hydroxylation is 1. The smallest absolute Gasteiger partial charge is 0.0665 e. The molecule has 0 aliphatic heterocycles. The van der Waals surface area contributed by atoms with E-state index in [9.17, 15) is 0 Å². The second-order valence-electron chi connectivity index (χ2n) is 5.53. The van der Waals surface area contributed by atoms with Gasteiger partial charge in [0.1, 0.15) is 0 Å². The van der Waals surface area contributed by atoms with Gasteiger partial charge in [-0.3, -0.25) is 0 Å². The highest BCUT2D eigenvalue weighted by Gasteiger charge is 2.16. The van der Waals surface area contributed by atoms with Gasteiger partial charge >= 0.3 is 0 Å². The molecule has 0 aromatic heterocycles. The zero-order valence-corrected chi connectivity index (χ0v) is 12.3. The molecule has 0 amide bonds. The number of benzene rings is 1. The van der Waals surface area contributed by atoms with Crippen molar-refractivity contribution in [1.82, 2.24) is 5.32 Å². The fraction of sp³-hybridized carbons (Fsp3) is 0.647. The first-order valence-corrected chi connectivity index (χ1v) is 7.71. The molecule has 1 aliphatic carbocycles. The number of hydrogen-bond acceptors (Lipinski definition) is 2.